The van der Waals surface area contributed by atoms with Crippen LogP contribution in [-0.2, 0) is 0 Å². The molecule has 0 amide bonds. The van der Waals surface area contributed by atoms with Crippen molar-refractivity contribution < 1.29 is 14.4 Å². The summed E-state index contributed by atoms with van der Waals surface area (Å²) in [6.45, 7) is -0.384. The first-order valence-corrected chi connectivity index (χ1v) is 6.81. The van der Waals surface area contributed by atoms with Crippen LogP contribution in [0.5, 0.6) is 0 Å². The Morgan fingerprint density at radius 2 is 2.00 bits per heavy atom. The minimum absolute atomic E-state index is 0.0544. The van der Waals surface area contributed by atoms with E-state index in [1.165, 1.54) is 24.3 Å². The molecule has 1 atom stereocenters. The van der Waals surface area contributed by atoms with Crippen LogP contribution < -0.4 is 5.32 Å². The van der Waals surface area contributed by atoms with Crippen molar-refractivity contribution in [2.75, 3.05) is 11.9 Å². The second kappa shape index (κ2) is 6.87. The fourth-order valence-electron chi connectivity index (χ4n) is 1.80. The van der Waals surface area contributed by atoms with Crippen LogP contribution in [0.4, 0.5) is 15.9 Å². The molecule has 0 aliphatic heterocycles. The fraction of sp³-hybridized carbons (Fsp3) is 0.154. The molecule has 0 radical (unpaired) electrons. The lowest BCUT2D eigenvalue weighted by molar-refractivity contribution is -0.384. The number of aliphatic hydroxyl groups excluding tert-OH is 1. The van der Waals surface area contributed by atoms with E-state index in [9.17, 15) is 19.6 Å². The monoisotopic (exact) mass is 345 g/mol. The Kier molecular flexibility index (Phi) is 5.12. The number of nitrogens with zero attached hydrogens (tertiary/aromatic N) is 2. The number of pyridine rings is 1. The molecule has 1 aromatic carbocycles. The Bertz CT molecular complexity index is 698. The average Bonchev–Trinajstić information content (AvgIpc) is 2.48. The molecule has 2 N–H and O–H groups in total. The van der Waals surface area contributed by atoms with E-state index in [0.29, 0.717) is 5.56 Å². The number of halogens is 3. The molecule has 9 heteroatoms. The molecule has 0 fully saturated rings. The van der Waals surface area contributed by atoms with Crippen molar-refractivity contribution in [1.82, 2.24) is 4.98 Å². The van der Waals surface area contributed by atoms with Gasteiger partial charge in [0.05, 0.1) is 22.6 Å². The summed E-state index contributed by atoms with van der Waals surface area (Å²) in [6, 6.07) is 5.69. The summed E-state index contributed by atoms with van der Waals surface area (Å²) < 4.78 is 12.9. The summed E-state index contributed by atoms with van der Waals surface area (Å²) >= 11 is 11.5. The van der Waals surface area contributed by atoms with Crippen molar-refractivity contribution in [2.24, 2.45) is 0 Å². The molecular weight excluding hydrogens is 336 g/mol. The van der Waals surface area contributed by atoms with Gasteiger partial charge in [0.1, 0.15) is 5.82 Å². The lowest BCUT2D eigenvalue weighted by Crippen LogP contribution is -2.16. The lowest BCUT2D eigenvalue weighted by Gasteiger charge is -2.17. The Balaban J connectivity index is 2.37. The van der Waals surface area contributed by atoms with E-state index in [0.717, 1.165) is 6.07 Å². The van der Waals surface area contributed by atoms with Crippen LogP contribution in [0.3, 0.4) is 0 Å². The number of hydrogen-bond donors (Lipinski definition) is 2. The first-order valence-electron chi connectivity index (χ1n) is 6.05. The van der Waals surface area contributed by atoms with Crippen molar-refractivity contribution in [3.8, 4) is 0 Å². The number of hydrogen-bond acceptors (Lipinski definition) is 5. The Morgan fingerprint density at radius 3 is 2.55 bits per heavy atom. The zero-order valence-electron chi connectivity index (χ0n) is 11.0. The van der Waals surface area contributed by atoms with Gasteiger partial charge in [-0.3, -0.25) is 10.1 Å². The van der Waals surface area contributed by atoms with Gasteiger partial charge in [-0.2, -0.15) is 0 Å². The van der Waals surface area contributed by atoms with Gasteiger partial charge in [0.25, 0.3) is 0 Å². The van der Waals surface area contributed by atoms with E-state index in [-0.39, 0.29) is 28.3 Å². The van der Waals surface area contributed by atoms with Crippen LogP contribution in [0.15, 0.2) is 30.3 Å². The SMILES string of the molecule is O=[N+]([O-])c1cc(Cl)c(Cl)nc1N[C@@H](CO)c1ccc(F)cc1. The quantitative estimate of drug-likeness (QED) is 0.491. The van der Waals surface area contributed by atoms with E-state index >= 15 is 0 Å². The summed E-state index contributed by atoms with van der Waals surface area (Å²) in [5.74, 6) is -0.568. The van der Waals surface area contributed by atoms with Crippen molar-refractivity contribution in [3.63, 3.8) is 0 Å². The van der Waals surface area contributed by atoms with E-state index in [2.05, 4.69) is 10.3 Å². The third-order valence-electron chi connectivity index (χ3n) is 2.88. The van der Waals surface area contributed by atoms with Gasteiger partial charge < -0.3 is 10.4 Å². The largest absolute Gasteiger partial charge is 0.394 e. The van der Waals surface area contributed by atoms with Gasteiger partial charge in [-0.1, -0.05) is 35.3 Å². The maximum absolute atomic E-state index is 12.9. The Labute approximate surface area is 134 Å². The van der Waals surface area contributed by atoms with Gasteiger partial charge >= 0.3 is 5.69 Å². The molecule has 1 heterocycles. The number of nitro groups is 1. The highest BCUT2D eigenvalue weighted by Gasteiger charge is 2.22. The maximum atomic E-state index is 12.9. The van der Waals surface area contributed by atoms with Gasteiger partial charge in [-0.25, -0.2) is 9.37 Å². The Morgan fingerprint density at radius 1 is 1.36 bits per heavy atom. The standard InChI is InChI=1S/C13H10Cl2FN3O3/c14-9-5-11(19(21)22)13(18-12(9)15)17-10(6-20)7-1-3-8(16)4-2-7/h1-5,10,20H,6H2,(H,17,18)/t10-/m0/s1. The first kappa shape index (κ1) is 16.4. The smallest absolute Gasteiger partial charge is 0.312 e. The van der Waals surface area contributed by atoms with Crippen LogP contribution in [0.25, 0.3) is 0 Å². The predicted molar refractivity (Wildman–Crippen MR) is 80.8 cm³/mol. The van der Waals surface area contributed by atoms with Gasteiger partial charge in [0.15, 0.2) is 5.15 Å². The molecule has 0 spiro atoms. The van der Waals surface area contributed by atoms with E-state index in [1.54, 1.807) is 0 Å². The van der Waals surface area contributed by atoms with Gasteiger partial charge in [-0.05, 0) is 17.7 Å². The van der Waals surface area contributed by atoms with Crippen molar-refractivity contribution in [1.29, 1.82) is 0 Å². The zero-order valence-corrected chi connectivity index (χ0v) is 12.5. The molecule has 116 valence electrons. The number of benzene rings is 1. The van der Waals surface area contributed by atoms with Crippen LogP contribution in [0.2, 0.25) is 10.2 Å². The van der Waals surface area contributed by atoms with Crippen LogP contribution in [0.1, 0.15) is 11.6 Å². The van der Waals surface area contributed by atoms with Crippen LogP contribution >= 0.6 is 23.2 Å². The zero-order chi connectivity index (χ0) is 16.3. The molecule has 2 aromatic rings. The third kappa shape index (κ3) is 3.62. The predicted octanol–water partition coefficient (Wildman–Crippen LogP) is 3.58. The number of nitrogens with one attached hydrogen (secondary N) is 1. The number of anilines is 1. The second-order valence-corrected chi connectivity index (χ2v) is 5.08. The summed E-state index contributed by atoms with van der Waals surface area (Å²) in [7, 11) is 0. The summed E-state index contributed by atoms with van der Waals surface area (Å²) in [5.41, 5.74) is 0.154. The van der Waals surface area contributed by atoms with Gasteiger partial charge in [0, 0.05) is 6.07 Å². The number of aliphatic hydroxyl groups is 1. The highest BCUT2D eigenvalue weighted by molar-refractivity contribution is 6.41. The van der Waals surface area contributed by atoms with E-state index in [1.807, 2.05) is 0 Å². The average molecular weight is 346 g/mol. The highest BCUT2D eigenvalue weighted by Crippen LogP contribution is 2.32. The molecule has 2 rings (SSSR count). The second-order valence-electron chi connectivity index (χ2n) is 4.32. The highest BCUT2D eigenvalue weighted by atomic mass is 35.5. The van der Waals surface area contributed by atoms with Gasteiger partial charge in [-0.15, -0.1) is 0 Å². The van der Waals surface area contributed by atoms with Crippen molar-refractivity contribution >= 4 is 34.7 Å². The van der Waals surface area contributed by atoms with Gasteiger partial charge in [0.2, 0.25) is 5.82 Å². The Hall–Kier alpha value is -1.96. The van der Waals surface area contributed by atoms with Crippen LogP contribution in [0, 0.1) is 15.9 Å². The van der Waals surface area contributed by atoms with E-state index in [4.69, 9.17) is 23.2 Å². The van der Waals surface area contributed by atoms with E-state index < -0.39 is 16.8 Å². The molecule has 0 unspecified atom stereocenters. The lowest BCUT2D eigenvalue weighted by atomic mass is 10.1. The fourth-order valence-corrected chi connectivity index (χ4v) is 2.08. The summed E-state index contributed by atoms with van der Waals surface area (Å²) in [5, 5.41) is 23.1. The molecule has 6 nitrogen and oxygen atoms in total. The number of aromatic nitrogens is 1. The van der Waals surface area contributed by atoms with Crippen molar-refractivity contribution in [2.45, 2.75) is 6.04 Å². The minimum atomic E-state index is -0.718. The topological polar surface area (TPSA) is 88.3 Å². The minimum Gasteiger partial charge on any atom is -0.394 e. The molecule has 22 heavy (non-hydrogen) atoms. The van der Waals surface area contributed by atoms with Crippen molar-refractivity contribution in [3.05, 3.63) is 62.0 Å². The van der Waals surface area contributed by atoms with Crippen LogP contribution in [-0.4, -0.2) is 21.6 Å². The summed E-state index contributed by atoms with van der Waals surface area (Å²) in [4.78, 5) is 14.2. The molecule has 0 aliphatic rings. The molecule has 0 saturated carbocycles. The first-order chi connectivity index (χ1) is 10.4. The molecular formula is C13H10Cl2FN3O3. The summed E-state index contributed by atoms with van der Waals surface area (Å²) in [6.07, 6.45) is 0. The molecule has 0 saturated heterocycles. The molecule has 0 aliphatic carbocycles. The molecule has 1 aromatic heterocycles. The molecule has 0 bridgehead atoms. The number of rotatable bonds is 5. The normalized spacial score (nSPS) is 12.0. The maximum Gasteiger partial charge on any atom is 0.312 e. The third-order valence-corrected chi connectivity index (χ3v) is 3.55.